The highest BCUT2D eigenvalue weighted by atomic mass is 15.2. The van der Waals surface area contributed by atoms with Crippen molar-refractivity contribution in [1.29, 1.82) is 0 Å². The molecule has 4 unspecified atom stereocenters. The fourth-order valence-corrected chi connectivity index (χ4v) is 18.7. The van der Waals surface area contributed by atoms with E-state index < -0.39 is 0 Å². The van der Waals surface area contributed by atoms with Gasteiger partial charge in [-0.3, -0.25) is 0 Å². The summed E-state index contributed by atoms with van der Waals surface area (Å²) in [4.78, 5) is 5.43. The molecule has 10 aromatic carbocycles. The third-order valence-electron chi connectivity index (χ3n) is 23.8. The first-order valence-corrected chi connectivity index (χ1v) is 37.1. The first-order chi connectivity index (χ1) is 47.7. The molecular weight excluding hydrogens is 1200 g/mol. The first kappa shape index (κ1) is 63.2. The lowest BCUT2D eigenvalue weighted by atomic mass is 9.33. The smallest absolute Gasteiger partial charge is 0.253 e. The highest BCUT2D eigenvalue weighted by molar-refractivity contribution is 7.02. The average molecular weight is 1290 g/mol. The molecule has 2 aliphatic heterocycles. The van der Waals surface area contributed by atoms with Gasteiger partial charge in [0.2, 0.25) is 0 Å². The number of benzene rings is 10. The summed E-state index contributed by atoms with van der Waals surface area (Å²) in [6.45, 7) is 28.8. The van der Waals surface area contributed by atoms with E-state index in [0.29, 0.717) is 17.8 Å². The number of nitrogens with zero attached hydrogens (tertiary/aromatic N) is 4. The zero-order valence-electron chi connectivity index (χ0n) is 60.3. The Morgan fingerprint density at radius 3 is 1.49 bits per heavy atom. The van der Waals surface area contributed by atoms with Crippen molar-refractivity contribution in [3.8, 4) is 27.9 Å². The minimum absolute atomic E-state index is 0.106. The van der Waals surface area contributed by atoms with Crippen LogP contribution in [0.2, 0.25) is 0 Å². The van der Waals surface area contributed by atoms with E-state index in [1.165, 1.54) is 148 Å². The lowest BCUT2D eigenvalue weighted by Gasteiger charge is -2.46. The number of rotatable bonds is 8. The zero-order chi connectivity index (χ0) is 68.0. The van der Waals surface area contributed by atoms with E-state index in [9.17, 15) is 0 Å². The number of allylic oxidation sites excluding steroid dienone is 6. The summed E-state index contributed by atoms with van der Waals surface area (Å²) in [5.74, 6) is 1.52. The van der Waals surface area contributed by atoms with E-state index in [0.717, 1.165) is 37.1 Å². The van der Waals surface area contributed by atoms with Gasteiger partial charge in [0.1, 0.15) is 0 Å². The molecule has 0 bridgehead atoms. The van der Waals surface area contributed by atoms with Gasteiger partial charge in [0.15, 0.2) is 0 Å². The molecule has 5 heteroatoms. The van der Waals surface area contributed by atoms with Crippen LogP contribution in [0, 0.1) is 28.6 Å². The van der Waals surface area contributed by atoms with Crippen molar-refractivity contribution in [3.63, 3.8) is 0 Å². The minimum Gasteiger partial charge on any atom is -0.333 e. The fourth-order valence-electron chi connectivity index (χ4n) is 18.7. The van der Waals surface area contributed by atoms with E-state index in [4.69, 9.17) is 0 Å². The lowest BCUT2D eigenvalue weighted by molar-refractivity contribution is 0.200. The lowest BCUT2D eigenvalue weighted by Crippen LogP contribution is -2.61. The van der Waals surface area contributed by atoms with Gasteiger partial charge in [0.25, 0.3) is 6.71 Å². The summed E-state index contributed by atoms with van der Waals surface area (Å²) < 4.78 is 5.51. The standard InChI is InChI=1S/C94H95BN4/c1-91(2,3)64-46-42-62(43-47-64)71-36-27-37-72(63-44-48-65(49-45-63)92(4,5)6)90(71)99-81-53-50-66(93(7,8)9)56-75(81)87-82(99)54-55-83-89(87)95-76-52-51-68(96-79-40-25-21-34-73(79)74-35-22-26-41-80(74)96)59-84(76)98(78-39-24-20-33-70(78)61-30-17-14-18-31-61)86-58-67(94(10,11)12)57-85(88(86)95)97(83)77-38-23-19-32-69(77)60-28-15-13-16-29-60/h13-26,28-36,38-41,46,48,50-59,62-63,72,90H,27,37,42-45,47,49H2,1-12H3. The molecular formula is C94H95BN4. The summed E-state index contributed by atoms with van der Waals surface area (Å²) in [6, 6.07) is 84.7. The summed E-state index contributed by atoms with van der Waals surface area (Å²) in [7, 11) is 0. The van der Waals surface area contributed by atoms with Crippen molar-refractivity contribution < 1.29 is 0 Å². The molecule has 0 spiro atoms. The third-order valence-corrected chi connectivity index (χ3v) is 23.8. The monoisotopic (exact) mass is 1290 g/mol. The number of aromatic nitrogens is 2. The molecule has 0 fully saturated rings. The number of hydrogen-bond donors (Lipinski definition) is 0. The van der Waals surface area contributed by atoms with E-state index in [2.05, 4.69) is 339 Å². The fraction of sp³-hybridized carbons (Fsp3) is 0.298. The maximum Gasteiger partial charge on any atom is 0.253 e. The van der Waals surface area contributed by atoms with E-state index in [1.807, 2.05) is 0 Å². The van der Waals surface area contributed by atoms with Gasteiger partial charge in [-0.15, -0.1) is 0 Å². The molecule has 12 aromatic rings. The molecule has 2 aromatic heterocycles. The first-order valence-electron chi connectivity index (χ1n) is 37.1. The second kappa shape index (κ2) is 23.7. The maximum absolute atomic E-state index is 2.98. The van der Waals surface area contributed by atoms with Crippen LogP contribution in [0.3, 0.4) is 0 Å². The van der Waals surface area contributed by atoms with Gasteiger partial charge in [0, 0.05) is 72.1 Å². The van der Waals surface area contributed by atoms with Crippen molar-refractivity contribution in [2.24, 2.45) is 28.6 Å². The van der Waals surface area contributed by atoms with Crippen LogP contribution in [0.25, 0.3) is 71.6 Å². The summed E-state index contributed by atoms with van der Waals surface area (Å²) in [5, 5.41) is 5.27. The van der Waals surface area contributed by atoms with Crippen LogP contribution in [-0.2, 0) is 10.8 Å². The van der Waals surface area contributed by atoms with Gasteiger partial charge in [-0.05, 0) is 208 Å². The van der Waals surface area contributed by atoms with Crippen molar-refractivity contribution in [3.05, 3.63) is 264 Å². The Bertz CT molecular complexity index is 5240. The molecule has 0 amide bonds. The largest absolute Gasteiger partial charge is 0.333 e. The Hall–Kier alpha value is -9.32. The molecule has 17 rings (SSSR count). The normalized spacial score (nSPS) is 18.9. The molecule has 0 N–H and O–H groups in total. The number of para-hydroxylation sites is 4. The summed E-state index contributed by atoms with van der Waals surface area (Å²) in [5.41, 5.74) is 29.9. The van der Waals surface area contributed by atoms with Crippen LogP contribution in [0.15, 0.2) is 253 Å². The van der Waals surface area contributed by atoms with Gasteiger partial charge in [-0.25, -0.2) is 0 Å². The topological polar surface area (TPSA) is 16.3 Å². The molecule has 0 saturated carbocycles. The van der Waals surface area contributed by atoms with Crippen molar-refractivity contribution >= 4 is 101 Å². The van der Waals surface area contributed by atoms with Crippen LogP contribution in [-0.4, -0.2) is 15.8 Å². The van der Waals surface area contributed by atoms with E-state index in [1.54, 1.807) is 16.7 Å². The molecule has 4 atom stereocenters. The van der Waals surface area contributed by atoms with Crippen LogP contribution >= 0.6 is 0 Å². The van der Waals surface area contributed by atoms with Gasteiger partial charge in [-0.2, -0.15) is 0 Å². The Kier molecular flexibility index (Phi) is 15.1. The predicted octanol–water partition coefficient (Wildman–Crippen LogP) is 24.3. The van der Waals surface area contributed by atoms with Crippen molar-refractivity contribution in [1.82, 2.24) is 9.13 Å². The molecule has 0 radical (unpaired) electrons. The maximum atomic E-state index is 2.98. The molecule has 4 nitrogen and oxygen atoms in total. The zero-order valence-corrected chi connectivity index (χ0v) is 60.3. The Labute approximate surface area is 588 Å². The van der Waals surface area contributed by atoms with E-state index in [-0.39, 0.29) is 34.4 Å². The van der Waals surface area contributed by atoms with Gasteiger partial charge in [-0.1, -0.05) is 258 Å². The molecule has 4 heterocycles. The summed E-state index contributed by atoms with van der Waals surface area (Å²) >= 11 is 0. The van der Waals surface area contributed by atoms with Crippen LogP contribution in [0.5, 0.6) is 0 Å². The van der Waals surface area contributed by atoms with Gasteiger partial charge in [0.05, 0.1) is 28.5 Å². The SMILES string of the molecule is CC(C)(C)C1=CCC(C2=CCCC(C3CC=C(C(C)(C)C)CC3)C2n2c3ccc(C(C)(C)C)cc3c3c4c(ccc32)N(c2ccccc2-c2ccccc2)c2cc(C(C)(C)C)cc3c2B4c2ccc(-n4c5ccccc5c5ccccc54)cc2N3c2ccccc2-c2ccccc2)CC1. The predicted molar refractivity (Wildman–Crippen MR) is 426 cm³/mol. The molecule has 3 aliphatic carbocycles. The second-order valence-electron chi connectivity index (χ2n) is 33.8. The molecule has 494 valence electrons. The second-order valence-corrected chi connectivity index (χ2v) is 33.8. The molecule has 5 aliphatic rings. The van der Waals surface area contributed by atoms with Gasteiger partial charge >= 0.3 is 0 Å². The van der Waals surface area contributed by atoms with Crippen LogP contribution in [0.4, 0.5) is 34.1 Å². The summed E-state index contributed by atoms with van der Waals surface area (Å²) in [6.07, 6.45) is 17.5. The highest BCUT2D eigenvalue weighted by Gasteiger charge is 2.48. The molecule has 0 saturated heterocycles. The average Bonchev–Trinajstić information content (AvgIpc) is 1.66. The Balaban J connectivity index is 1.02. The van der Waals surface area contributed by atoms with Crippen molar-refractivity contribution in [2.45, 2.75) is 151 Å². The quantitative estimate of drug-likeness (QED) is 0.111. The van der Waals surface area contributed by atoms with Gasteiger partial charge < -0.3 is 18.9 Å². The van der Waals surface area contributed by atoms with Crippen LogP contribution in [0.1, 0.15) is 152 Å². The van der Waals surface area contributed by atoms with E-state index >= 15 is 0 Å². The minimum atomic E-state index is -0.227. The number of anilines is 6. The van der Waals surface area contributed by atoms with Crippen LogP contribution < -0.4 is 26.2 Å². The number of fused-ring (bicyclic) bond motifs is 11. The number of hydrogen-bond acceptors (Lipinski definition) is 2. The third kappa shape index (κ3) is 10.5. The molecule has 99 heavy (non-hydrogen) atoms. The Morgan fingerprint density at radius 2 is 0.929 bits per heavy atom. The van der Waals surface area contributed by atoms with Crippen molar-refractivity contribution in [2.75, 3.05) is 9.80 Å². The highest BCUT2D eigenvalue weighted by Crippen LogP contribution is 2.56. The Morgan fingerprint density at radius 1 is 0.384 bits per heavy atom.